The number of ether oxygens (including phenoxy) is 2. The largest absolute Gasteiger partial charge is 0.495 e. The summed E-state index contributed by atoms with van der Waals surface area (Å²) in [6.45, 7) is 3.96. The average Bonchev–Trinajstić information content (AvgIpc) is 2.48. The van der Waals surface area contributed by atoms with Crippen LogP contribution < -0.4 is 20.1 Å². The lowest BCUT2D eigenvalue weighted by Gasteiger charge is -2.24. The molecule has 0 atom stereocenters. The smallest absolute Gasteiger partial charge is 0.144 e. The molecular weight excluding hydrogens is 264 g/mol. The van der Waals surface area contributed by atoms with Crippen LogP contribution in [-0.2, 0) is 0 Å². The predicted molar refractivity (Wildman–Crippen MR) is 87.7 cm³/mol. The molecule has 2 rings (SSSR count). The van der Waals surface area contributed by atoms with E-state index >= 15 is 0 Å². The summed E-state index contributed by atoms with van der Waals surface area (Å²) in [6.07, 6.45) is 0.0825. The van der Waals surface area contributed by atoms with Gasteiger partial charge in [0.05, 0.1) is 30.3 Å². The van der Waals surface area contributed by atoms with Crippen LogP contribution in [0.1, 0.15) is 13.8 Å². The molecule has 0 aliphatic carbocycles. The molecule has 0 aliphatic heterocycles. The van der Waals surface area contributed by atoms with E-state index in [-0.39, 0.29) is 6.10 Å². The lowest BCUT2D eigenvalue weighted by Crippen LogP contribution is -2.14. The van der Waals surface area contributed by atoms with E-state index in [1.807, 2.05) is 68.3 Å². The summed E-state index contributed by atoms with van der Waals surface area (Å²) in [7, 11) is 3.62. The Kier molecular flexibility index (Phi) is 4.58. The second kappa shape index (κ2) is 6.39. The lowest BCUT2D eigenvalue weighted by atomic mass is 10.2. The Balaban J connectivity index is 2.41. The fourth-order valence-corrected chi connectivity index (χ4v) is 2.22. The van der Waals surface area contributed by atoms with Crippen molar-refractivity contribution in [3.05, 3.63) is 42.5 Å². The molecular formula is C17H22N2O2. The summed E-state index contributed by atoms with van der Waals surface area (Å²) in [4.78, 5) is 2.00. The highest BCUT2D eigenvalue weighted by Crippen LogP contribution is 2.38. The lowest BCUT2D eigenvalue weighted by molar-refractivity contribution is 0.244. The number of anilines is 3. The molecule has 0 bridgehead atoms. The fourth-order valence-electron chi connectivity index (χ4n) is 2.22. The molecule has 0 aromatic heterocycles. The Bertz CT molecular complexity index is 611. The SMILES string of the molecule is COc1ccccc1N(C)c1cccc(OC(C)C)c1N. The Morgan fingerprint density at radius 3 is 2.24 bits per heavy atom. The summed E-state index contributed by atoms with van der Waals surface area (Å²) < 4.78 is 11.2. The van der Waals surface area contributed by atoms with Gasteiger partial charge in [-0.1, -0.05) is 18.2 Å². The monoisotopic (exact) mass is 286 g/mol. The summed E-state index contributed by atoms with van der Waals surface area (Å²) in [5.41, 5.74) is 8.72. The molecule has 112 valence electrons. The Labute approximate surface area is 126 Å². The maximum Gasteiger partial charge on any atom is 0.144 e. The molecule has 4 heteroatoms. The summed E-state index contributed by atoms with van der Waals surface area (Å²) in [5, 5.41) is 0. The van der Waals surface area contributed by atoms with Crippen molar-refractivity contribution in [2.75, 3.05) is 24.8 Å². The molecule has 0 spiro atoms. The van der Waals surface area contributed by atoms with Crippen molar-refractivity contribution in [2.45, 2.75) is 20.0 Å². The van der Waals surface area contributed by atoms with Gasteiger partial charge in [-0.15, -0.1) is 0 Å². The number of nitrogen functional groups attached to an aromatic ring is 1. The van der Waals surface area contributed by atoms with Crippen LogP contribution in [-0.4, -0.2) is 20.3 Å². The van der Waals surface area contributed by atoms with E-state index in [2.05, 4.69) is 0 Å². The Morgan fingerprint density at radius 1 is 0.952 bits per heavy atom. The third kappa shape index (κ3) is 3.21. The Hall–Kier alpha value is -2.36. The minimum atomic E-state index is 0.0825. The van der Waals surface area contributed by atoms with Crippen molar-refractivity contribution in [2.24, 2.45) is 0 Å². The molecule has 0 amide bonds. The van der Waals surface area contributed by atoms with Crippen molar-refractivity contribution >= 4 is 17.1 Å². The van der Waals surface area contributed by atoms with Crippen LogP contribution >= 0.6 is 0 Å². The second-order valence-corrected chi connectivity index (χ2v) is 5.09. The van der Waals surface area contributed by atoms with E-state index in [1.54, 1.807) is 7.11 Å². The van der Waals surface area contributed by atoms with Crippen molar-refractivity contribution in [1.29, 1.82) is 0 Å². The van der Waals surface area contributed by atoms with Gasteiger partial charge >= 0.3 is 0 Å². The maximum atomic E-state index is 6.25. The van der Waals surface area contributed by atoms with Crippen molar-refractivity contribution in [3.63, 3.8) is 0 Å². The standard InChI is InChI=1S/C17H22N2O2/c1-12(2)21-16-11-7-9-14(17(16)18)19(3)13-8-5-6-10-15(13)20-4/h5-12H,18H2,1-4H3. The normalized spacial score (nSPS) is 10.5. The first kappa shape index (κ1) is 15.0. The molecule has 0 radical (unpaired) electrons. The van der Waals surface area contributed by atoms with Gasteiger partial charge in [-0.3, -0.25) is 0 Å². The highest BCUT2D eigenvalue weighted by atomic mass is 16.5. The van der Waals surface area contributed by atoms with Crippen molar-refractivity contribution in [3.8, 4) is 11.5 Å². The number of nitrogens with zero attached hydrogens (tertiary/aromatic N) is 1. The summed E-state index contributed by atoms with van der Waals surface area (Å²) in [5.74, 6) is 1.50. The number of nitrogens with two attached hydrogens (primary N) is 1. The molecule has 2 N–H and O–H groups in total. The van der Waals surface area contributed by atoms with Crippen molar-refractivity contribution in [1.82, 2.24) is 0 Å². The molecule has 0 aliphatic rings. The van der Waals surface area contributed by atoms with Crippen molar-refractivity contribution < 1.29 is 9.47 Å². The highest BCUT2D eigenvalue weighted by Gasteiger charge is 2.15. The van der Waals surface area contributed by atoms with Gasteiger partial charge in [-0.05, 0) is 38.1 Å². The van der Waals surface area contributed by atoms with Crippen LogP contribution in [0.2, 0.25) is 0 Å². The van der Waals surface area contributed by atoms with Crippen LogP contribution in [0.25, 0.3) is 0 Å². The highest BCUT2D eigenvalue weighted by molar-refractivity contribution is 5.80. The van der Waals surface area contributed by atoms with Gasteiger partial charge in [0.15, 0.2) is 0 Å². The zero-order valence-corrected chi connectivity index (χ0v) is 13.0. The molecule has 0 fully saturated rings. The molecule has 0 saturated carbocycles. The Morgan fingerprint density at radius 2 is 1.57 bits per heavy atom. The zero-order chi connectivity index (χ0) is 15.4. The first-order chi connectivity index (χ1) is 10.0. The van der Waals surface area contributed by atoms with Gasteiger partial charge in [0.2, 0.25) is 0 Å². The van der Waals surface area contributed by atoms with Gasteiger partial charge in [-0.2, -0.15) is 0 Å². The van der Waals surface area contributed by atoms with E-state index in [1.165, 1.54) is 0 Å². The maximum absolute atomic E-state index is 6.25. The first-order valence-corrected chi connectivity index (χ1v) is 6.96. The number of hydrogen-bond donors (Lipinski definition) is 1. The zero-order valence-electron chi connectivity index (χ0n) is 13.0. The van der Waals surface area contributed by atoms with Gasteiger partial charge in [0.25, 0.3) is 0 Å². The van der Waals surface area contributed by atoms with Gasteiger partial charge in [-0.25, -0.2) is 0 Å². The van der Waals surface area contributed by atoms with Gasteiger partial charge < -0.3 is 20.1 Å². The third-order valence-corrected chi connectivity index (χ3v) is 3.21. The summed E-state index contributed by atoms with van der Waals surface area (Å²) in [6, 6.07) is 13.6. The number of rotatable bonds is 5. The topological polar surface area (TPSA) is 47.7 Å². The molecule has 2 aromatic rings. The number of benzene rings is 2. The number of para-hydroxylation sites is 3. The number of hydrogen-bond acceptors (Lipinski definition) is 4. The van der Waals surface area contributed by atoms with Crippen LogP contribution in [0, 0.1) is 0 Å². The predicted octanol–water partition coefficient (Wildman–Crippen LogP) is 3.83. The van der Waals surface area contributed by atoms with E-state index < -0.39 is 0 Å². The first-order valence-electron chi connectivity index (χ1n) is 6.96. The van der Waals surface area contributed by atoms with E-state index in [9.17, 15) is 0 Å². The summed E-state index contributed by atoms with van der Waals surface area (Å²) >= 11 is 0. The second-order valence-electron chi connectivity index (χ2n) is 5.09. The van der Waals surface area contributed by atoms with Gasteiger partial charge in [0, 0.05) is 7.05 Å². The van der Waals surface area contributed by atoms with Crippen LogP contribution in [0.5, 0.6) is 11.5 Å². The van der Waals surface area contributed by atoms with E-state index in [0.717, 1.165) is 17.1 Å². The molecule has 0 saturated heterocycles. The molecule has 21 heavy (non-hydrogen) atoms. The quantitative estimate of drug-likeness (QED) is 0.849. The molecule has 4 nitrogen and oxygen atoms in total. The van der Waals surface area contributed by atoms with Gasteiger partial charge in [0.1, 0.15) is 11.5 Å². The number of methoxy groups -OCH3 is 1. The fraction of sp³-hybridized carbons (Fsp3) is 0.294. The van der Waals surface area contributed by atoms with Crippen LogP contribution in [0.15, 0.2) is 42.5 Å². The van der Waals surface area contributed by atoms with Crippen LogP contribution in [0.3, 0.4) is 0 Å². The third-order valence-electron chi connectivity index (χ3n) is 3.21. The molecule has 2 aromatic carbocycles. The van der Waals surface area contributed by atoms with E-state index in [4.69, 9.17) is 15.2 Å². The van der Waals surface area contributed by atoms with E-state index in [0.29, 0.717) is 11.4 Å². The minimum absolute atomic E-state index is 0.0825. The molecule has 0 unspecified atom stereocenters. The average molecular weight is 286 g/mol. The van der Waals surface area contributed by atoms with Crippen LogP contribution in [0.4, 0.5) is 17.1 Å². The molecule has 0 heterocycles. The minimum Gasteiger partial charge on any atom is -0.495 e.